The quantitative estimate of drug-likeness (QED) is 0.00943. The zero-order valence-electron chi connectivity index (χ0n) is 52.2. The highest BCUT2D eigenvalue weighted by Gasteiger charge is 2.30. The van der Waals surface area contributed by atoms with Crippen LogP contribution in [0.2, 0.25) is 0 Å². The molecule has 4 aromatic carbocycles. The zero-order chi connectivity index (χ0) is 67.9. The predicted octanol–water partition coefficient (Wildman–Crippen LogP) is 1.95. The van der Waals surface area contributed by atoms with E-state index in [4.69, 9.17) is 14.3 Å². The molecule has 0 atom stereocenters. The van der Waals surface area contributed by atoms with Crippen molar-refractivity contribution >= 4 is 101 Å². The number of nitrogens with one attached hydrogen (secondary N) is 10. The number of anilines is 6. The van der Waals surface area contributed by atoms with E-state index < -0.39 is 82.8 Å². The maximum absolute atomic E-state index is 13.8. The number of amides is 5. The molecule has 0 aliphatic carbocycles. The van der Waals surface area contributed by atoms with Crippen molar-refractivity contribution < 1.29 is 84.4 Å². The van der Waals surface area contributed by atoms with Crippen molar-refractivity contribution in [3.8, 4) is 0 Å². The van der Waals surface area contributed by atoms with E-state index in [1.807, 2.05) is 27.6 Å². The van der Waals surface area contributed by atoms with Crippen molar-refractivity contribution in [3.05, 3.63) is 155 Å². The van der Waals surface area contributed by atoms with E-state index in [0.717, 1.165) is 39.3 Å². The van der Waals surface area contributed by atoms with Crippen LogP contribution >= 0.6 is 11.8 Å². The number of carbonyl (C=O) groups is 6. The minimum atomic E-state index is -4.51. The van der Waals surface area contributed by atoms with Gasteiger partial charge in [-0.15, -0.1) is 11.8 Å². The number of carbonyl (C=O) groups excluding carboxylic acids is 5. The number of aromatic nitrogens is 2. The maximum Gasteiger partial charge on any atom is 0.339 e. The van der Waals surface area contributed by atoms with Gasteiger partial charge in [-0.2, -0.15) is 0 Å². The van der Waals surface area contributed by atoms with Gasteiger partial charge in [-0.05, 0) is 124 Å². The van der Waals surface area contributed by atoms with Crippen molar-refractivity contribution in [1.82, 2.24) is 31.3 Å². The molecule has 30 nitrogen and oxygen atoms in total. The number of sulfonamides is 2. The zero-order valence-corrected chi connectivity index (χ0v) is 54.7. The molecular weight excluding hydrogens is 1290 g/mol. The number of carboxylic acids is 1. The van der Waals surface area contributed by atoms with Gasteiger partial charge in [0.1, 0.15) is 22.6 Å². The summed E-state index contributed by atoms with van der Waals surface area (Å²) in [5, 5.41) is 39.3. The second-order valence-corrected chi connectivity index (χ2v) is 26.4. The third-order valence-corrected chi connectivity index (χ3v) is 18.7. The SMILES string of the molecule is Cc1ccc(S(=O)(=O)Nc2ccc(NNC(=O)C(=O)NCCCN3CCOCC3)cc2)c(C(=O)O)c1NOCc1ccc[n+](CCSCC[n+]2cccc(C(=O)Nc3c(C)ccc(S(=O)(=O)Nc4ccc(NNC(=O)C(=O)NCCCN5CCOCC5)cc4)c3C(O)O)c2)c1. The predicted molar refractivity (Wildman–Crippen MR) is 351 cm³/mol. The van der Waals surface area contributed by atoms with E-state index >= 15 is 0 Å². The minimum Gasteiger partial charge on any atom is -0.478 e. The molecule has 2 fully saturated rings. The standard InChI is InChI=1S/C62H76N14O16S3/c1-42-9-19-50(94(86,87)71-48-15-11-46(12-16-48)66-68-59(80)57(78)63-21-5-25-73-27-33-90-34-28-73)52(61(82)83)54(42)65-56(77)45-8-4-24-76(40-45)32-38-93-37-31-75-23-3-7-44(39-75)41-92-70-55-43(2)10-20-51(53(55)62(84)85)95(88,89)72-49-17-13-47(14-18-49)67-69-60(81)58(79)64-22-6-26-74-29-35-91-36-30-74/h3-4,7-20,23-24,39-40,61,70,82-83H,5-6,21-22,25-38,41H2,1-2H3,(H8-2,63,64,65,66,67,68,69,71,72,77,78,79,80,81,84,85)/p+2. The van der Waals surface area contributed by atoms with Crippen LogP contribution in [-0.2, 0) is 73.2 Å². The number of thioether (sulfide) groups is 1. The number of aliphatic hydroxyl groups is 2. The van der Waals surface area contributed by atoms with E-state index in [9.17, 15) is 60.9 Å². The molecule has 2 aromatic heterocycles. The Bertz CT molecular complexity index is 3900. The third kappa shape index (κ3) is 21.5. The second kappa shape index (κ2) is 34.9. The Morgan fingerprint density at radius 1 is 0.600 bits per heavy atom. The highest BCUT2D eigenvalue weighted by molar-refractivity contribution is 7.99. The highest BCUT2D eigenvalue weighted by Crippen LogP contribution is 2.34. The molecule has 6 aromatic rings. The van der Waals surface area contributed by atoms with Crippen LogP contribution in [0.15, 0.2) is 132 Å². The Labute approximate surface area is 553 Å². The number of pyridine rings is 2. The summed E-state index contributed by atoms with van der Waals surface area (Å²) in [6, 6.07) is 23.4. The molecule has 2 aliphatic heterocycles. The molecule has 0 bridgehead atoms. The summed E-state index contributed by atoms with van der Waals surface area (Å²) in [5.41, 5.74) is 13.7. The molecular formula is C62H78N14O16S3+2. The Kier molecular flexibility index (Phi) is 26.4. The minimum absolute atomic E-state index is 0.0344. The fourth-order valence-corrected chi connectivity index (χ4v) is 13.3. The van der Waals surface area contributed by atoms with Crippen LogP contribution in [0, 0.1) is 13.8 Å². The van der Waals surface area contributed by atoms with E-state index in [0.29, 0.717) is 105 Å². The average molecular weight is 1370 g/mol. The number of nitrogens with zero attached hydrogens (tertiary/aromatic N) is 4. The van der Waals surface area contributed by atoms with Gasteiger partial charge in [0, 0.05) is 68.3 Å². The van der Waals surface area contributed by atoms with Crippen molar-refractivity contribution in [2.75, 3.05) is 121 Å². The molecule has 0 unspecified atom stereocenters. The Hall–Kier alpha value is -9.03. The Morgan fingerprint density at radius 3 is 1.59 bits per heavy atom. The number of carboxylic acid groups (broad SMARTS) is 1. The van der Waals surface area contributed by atoms with E-state index in [2.05, 4.69) is 62.4 Å². The number of hydrogen-bond donors (Lipinski definition) is 13. The van der Waals surface area contributed by atoms with Crippen molar-refractivity contribution in [3.63, 3.8) is 0 Å². The molecule has 0 radical (unpaired) electrons. The van der Waals surface area contributed by atoms with Gasteiger partial charge < -0.3 is 40.7 Å². The molecule has 2 saturated heterocycles. The largest absolute Gasteiger partial charge is 0.478 e. The molecule has 33 heteroatoms. The summed E-state index contributed by atoms with van der Waals surface area (Å²) in [6.07, 6.45) is 6.10. The second-order valence-electron chi connectivity index (χ2n) is 21.9. The molecule has 508 valence electrons. The third-order valence-electron chi connectivity index (χ3n) is 14.9. The summed E-state index contributed by atoms with van der Waals surface area (Å²) in [4.78, 5) is 85.0. The number of rotatable bonds is 32. The first kappa shape index (κ1) is 71.8. The van der Waals surface area contributed by atoms with Gasteiger partial charge in [-0.3, -0.25) is 75.2 Å². The smallest absolute Gasteiger partial charge is 0.339 e. The summed E-state index contributed by atoms with van der Waals surface area (Å²) < 4.78 is 74.3. The van der Waals surface area contributed by atoms with Crippen LogP contribution < -0.4 is 61.7 Å². The number of hydrazine groups is 2. The Balaban J connectivity index is 0.769. The van der Waals surface area contributed by atoms with Crippen molar-refractivity contribution in [2.45, 2.75) is 62.5 Å². The van der Waals surface area contributed by atoms with Crippen LogP contribution in [0.4, 0.5) is 34.1 Å². The lowest BCUT2D eigenvalue weighted by molar-refractivity contribution is -0.693. The van der Waals surface area contributed by atoms with Crippen LogP contribution in [0.25, 0.3) is 0 Å². The molecule has 8 rings (SSSR count). The maximum atomic E-state index is 13.8. The van der Waals surface area contributed by atoms with Crippen LogP contribution in [0.3, 0.4) is 0 Å². The van der Waals surface area contributed by atoms with E-state index in [1.165, 1.54) is 72.8 Å². The fraction of sp³-hybridized carbons (Fsp3) is 0.355. The van der Waals surface area contributed by atoms with Gasteiger partial charge in [0.05, 0.1) is 71.1 Å². The molecule has 0 saturated carbocycles. The molecule has 2 aliphatic rings. The van der Waals surface area contributed by atoms with E-state index in [-0.39, 0.29) is 34.9 Å². The first-order valence-corrected chi connectivity index (χ1v) is 34.4. The van der Waals surface area contributed by atoms with Gasteiger partial charge in [-0.1, -0.05) is 12.1 Å². The van der Waals surface area contributed by atoms with Crippen LogP contribution in [0.5, 0.6) is 0 Å². The van der Waals surface area contributed by atoms with Gasteiger partial charge in [0.25, 0.3) is 26.0 Å². The van der Waals surface area contributed by atoms with Gasteiger partial charge >= 0.3 is 29.6 Å². The number of hydrogen-bond acceptors (Lipinski definition) is 21. The first-order chi connectivity index (χ1) is 45.6. The summed E-state index contributed by atoms with van der Waals surface area (Å²) in [7, 11) is -9.01. The average Bonchev–Trinajstić information content (AvgIpc) is 0.785. The number of benzene rings is 4. The lowest BCUT2D eigenvalue weighted by Crippen LogP contribution is -2.43. The lowest BCUT2D eigenvalue weighted by Gasteiger charge is -2.26. The number of aromatic carboxylic acids is 1. The molecule has 0 spiro atoms. The van der Waals surface area contributed by atoms with Crippen molar-refractivity contribution in [2.24, 2.45) is 0 Å². The summed E-state index contributed by atoms with van der Waals surface area (Å²) in [5.74, 6) is -4.36. The summed E-state index contributed by atoms with van der Waals surface area (Å²) >= 11 is 1.64. The molecule has 13 N–H and O–H groups in total. The fourth-order valence-electron chi connectivity index (χ4n) is 9.89. The topological polar surface area (TPSA) is 394 Å². The van der Waals surface area contributed by atoms with Crippen molar-refractivity contribution in [1.29, 1.82) is 0 Å². The monoisotopic (exact) mass is 1370 g/mol. The first-order valence-electron chi connectivity index (χ1n) is 30.3. The van der Waals surface area contributed by atoms with Gasteiger partial charge in [0.2, 0.25) is 0 Å². The summed E-state index contributed by atoms with van der Waals surface area (Å²) in [6.45, 7) is 12.2. The number of morpholine rings is 2. The van der Waals surface area contributed by atoms with Gasteiger partial charge in [0.15, 0.2) is 44.2 Å². The Morgan fingerprint density at radius 2 is 1.07 bits per heavy atom. The molecule has 4 heterocycles. The number of aliphatic hydroxyl groups excluding tert-OH is 1. The number of ether oxygens (including phenoxy) is 2. The number of aryl methyl sites for hydroxylation is 4. The molecule has 95 heavy (non-hydrogen) atoms. The van der Waals surface area contributed by atoms with Crippen LogP contribution in [0.1, 0.15) is 62.1 Å². The molecule has 5 amide bonds. The lowest BCUT2D eigenvalue weighted by atomic mass is 10.1. The van der Waals surface area contributed by atoms with Crippen LogP contribution in [-0.4, -0.2) is 168 Å². The van der Waals surface area contributed by atoms with E-state index in [1.54, 1.807) is 56.2 Å². The van der Waals surface area contributed by atoms with Gasteiger partial charge in [-0.25, -0.2) is 30.8 Å². The highest BCUT2D eigenvalue weighted by atomic mass is 32.2. The normalized spacial score (nSPS) is 13.7.